The minimum absolute atomic E-state index is 0.0114. The summed E-state index contributed by atoms with van der Waals surface area (Å²) in [5.41, 5.74) is 2.34. The van der Waals surface area contributed by atoms with E-state index in [1.807, 2.05) is 31.2 Å². The van der Waals surface area contributed by atoms with Gasteiger partial charge in [0.2, 0.25) is 0 Å². The van der Waals surface area contributed by atoms with Gasteiger partial charge in [0.15, 0.2) is 0 Å². The maximum absolute atomic E-state index is 13.3. The third-order valence-electron chi connectivity index (χ3n) is 6.02. The zero-order valence-corrected chi connectivity index (χ0v) is 20.7. The summed E-state index contributed by atoms with van der Waals surface area (Å²) in [6.07, 6.45) is 1.85. The predicted octanol–water partition coefficient (Wildman–Crippen LogP) is 4.70. The highest BCUT2D eigenvalue weighted by molar-refractivity contribution is 5.94. The Balaban J connectivity index is 1.85. The second kappa shape index (κ2) is 12.1. The molecular formula is C26H33N5O4. The number of nitro benzene ring substituents is 1. The van der Waals surface area contributed by atoms with Gasteiger partial charge in [-0.25, -0.2) is 4.68 Å². The van der Waals surface area contributed by atoms with Gasteiger partial charge in [0.05, 0.1) is 23.4 Å². The molecule has 9 nitrogen and oxygen atoms in total. The lowest BCUT2D eigenvalue weighted by molar-refractivity contribution is -0.384. The zero-order valence-electron chi connectivity index (χ0n) is 20.7. The maximum Gasteiger partial charge on any atom is 0.270 e. The maximum atomic E-state index is 13.3. The molecular weight excluding hydrogens is 446 g/mol. The number of rotatable bonds is 12. The molecule has 0 aliphatic heterocycles. The highest BCUT2D eigenvalue weighted by Gasteiger charge is 2.20. The van der Waals surface area contributed by atoms with Crippen molar-refractivity contribution >= 4 is 11.6 Å². The Morgan fingerprint density at radius 1 is 1.14 bits per heavy atom. The van der Waals surface area contributed by atoms with Crippen molar-refractivity contribution in [3.63, 3.8) is 0 Å². The number of carbonyl (C=O) groups excluding carboxylic acids is 1. The van der Waals surface area contributed by atoms with Crippen LogP contribution in [0.1, 0.15) is 44.1 Å². The lowest BCUT2D eigenvalue weighted by Crippen LogP contribution is -2.34. The van der Waals surface area contributed by atoms with Gasteiger partial charge in [-0.15, -0.1) is 0 Å². The summed E-state index contributed by atoms with van der Waals surface area (Å²) in [7, 11) is 1.60. The van der Waals surface area contributed by atoms with Crippen LogP contribution < -0.4 is 10.1 Å². The van der Waals surface area contributed by atoms with E-state index in [0.29, 0.717) is 17.1 Å². The van der Waals surface area contributed by atoms with Crippen LogP contribution in [0.15, 0.2) is 54.6 Å². The second-order valence-electron chi connectivity index (χ2n) is 8.37. The first-order valence-electron chi connectivity index (χ1n) is 11.9. The Hall–Kier alpha value is -3.72. The third-order valence-corrected chi connectivity index (χ3v) is 6.02. The SMILES string of the molecule is CCN(CC)CCCC(C)NC(=O)c1cc(-c2ccc(OC)cc2)nn1-c1ccc([N+](=O)[O-])cc1. The van der Waals surface area contributed by atoms with Gasteiger partial charge < -0.3 is 15.0 Å². The molecule has 0 spiro atoms. The highest BCUT2D eigenvalue weighted by atomic mass is 16.6. The molecule has 1 atom stereocenters. The van der Waals surface area contributed by atoms with Crippen molar-refractivity contribution in [2.24, 2.45) is 0 Å². The Bertz CT molecular complexity index is 1120. The number of nitrogens with zero attached hydrogens (tertiary/aromatic N) is 4. The molecule has 0 saturated carbocycles. The van der Waals surface area contributed by atoms with Crippen molar-refractivity contribution in [1.29, 1.82) is 0 Å². The summed E-state index contributed by atoms with van der Waals surface area (Å²) < 4.78 is 6.76. The number of non-ortho nitro benzene ring substituents is 1. The van der Waals surface area contributed by atoms with E-state index in [1.54, 1.807) is 25.3 Å². The largest absolute Gasteiger partial charge is 0.497 e. The van der Waals surface area contributed by atoms with Gasteiger partial charge in [-0.3, -0.25) is 14.9 Å². The van der Waals surface area contributed by atoms with Gasteiger partial charge in [-0.1, -0.05) is 13.8 Å². The first-order valence-corrected chi connectivity index (χ1v) is 11.9. The number of amides is 1. The molecule has 9 heteroatoms. The molecule has 0 bridgehead atoms. The van der Waals surface area contributed by atoms with Crippen LogP contribution in [0.3, 0.4) is 0 Å². The summed E-state index contributed by atoms with van der Waals surface area (Å²) in [5.74, 6) is 0.478. The summed E-state index contributed by atoms with van der Waals surface area (Å²) >= 11 is 0. The first kappa shape index (κ1) is 25.9. The number of ether oxygens (including phenoxy) is 1. The summed E-state index contributed by atoms with van der Waals surface area (Å²) in [5, 5.41) is 18.8. The van der Waals surface area contributed by atoms with Crippen molar-refractivity contribution in [2.45, 2.75) is 39.7 Å². The summed E-state index contributed by atoms with van der Waals surface area (Å²) in [4.78, 5) is 26.2. The third kappa shape index (κ3) is 6.66. The molecule has 1 N–H and O–H groups in total. The van der Waals surface area contributed by atoms with Gasteiger partial charge in [-0.2, -0.15) is 5.10 Å². The van der Waals surface area contributed by atoms with E-state index in [9.17, 15) is 14.9 Å². The molecule has 0 aliphatic rings. The van der Waals surface area contributed by atoms with Crippen molar-refractivity contribution < 1.29 is 14.5 Å². The van der Waals surface area contributed by atoms with Crippen LogP contribution in [0.25, 0.3) is 16.9 Å². The van der Waals surface area contributed by atoms with Crippen molar-refractivity contribution in [2.75, 3.05) is 26.7 Å². The average Bonchev–Trinajstić information content (AvgIpc) is 3.32. The Morgan fingerprint density at radius 2 is 1.80 bits per heavy atom. The molecule has 2 aromatic carbocycles. The van der Waals surface area contributed by atoms with Crippen LogP contribution in [0.4, 0.5) is 5.69 Å². The van der Waals surface area contributed by atoms with Gasteiger partial charge in [0.25, 0.3) is 11.6 Å². The normalized spacial score (nSPS) is 11.9. The molecule has 186 valence electrons. The predicted molar refractivity (Wildman–Crippen MR) is 136 cm³/mol. The lowest BCUT2D eigenvalue weighted by atomic mass is 10.1. The van der Waals surface area contributed by atoms with Gasteiger partial charge in [0, 0.05) is 23.7 Å². The fourth-order valence-electron chi connectivity index (χ4n) is 3.89. The fourth-order valence-corrected chi connectivity index (χ4v) is 3.89. The number of hydrogen-bond acceptors (Lipinski definition) is 6. The van der Waals surface area contributed by atoms with Crippen LogP contribution in [0, 0.1) is 10.1 Å². The standard InChI is InChI=1S/C26H33N5O4/c1-5-29(6-2)17-7-8-19(3)27-26(32)25-18-24(20-9-15-23(35-4)16-10-20)28-30(25)21-11-13-22(14-12-21)31(33)34/h9-16,18-19H,5-8,17H2,1-4H3,(H,27,32). The Morgan fingerprint density at radius 3 is 2.37 bits per heavy atom. The number of benzene rings is 2. The quantitative estimate of drug-likeness (QED) is 0.298. The fraction of sp³-hybridized carbons (Fsp3) is 0.385. The molecule has 35 heavy (non-hydrogen) atoms. The molecule has 1 aromatic heterocycles. The minimum atomic E-state index is -0.455. The van der Waals surface area contributed by atoms with Crippen LogP contribution in [0.2, 0.25) is 0 Å². The molecule has 3 rings (SSSR count). The molecule has 1 heterocycles. The van der Waals surface area contributed by atoms with E-state index >= 15 is 0 Å². The van der Waals surface area contributed by atoms with E-state index in [2.05, 4.69) is 29.2 Å². The molecule has 0 fully saturated rings. The summed E-state index contributed by atoms with van der Waals surface area (Å²) in [6.45, 7) is 9.31. The van der Waals surface area contributed by atoms with E-state index in [-0.39, 0.29) is 17.6 Å². The Kier molecular flexibility index (Phi) is 8.97. The van der Waals surface area contributed by atoms with Crippen LogP contribution in [0.5, 0.6) is 5.75 Å². The molecule has 1 amide bonds. The van der Waals surface area contributed by atoms with Crippen molar-refractivity contribution in [1.82, 2.24) is 20.0 Å². The molecule has 1 unspecified atom stereocenters. The molecule has 0 aliphatic carbocycles. The summed E-state index contributed by atoms with van der Waals surface area (Å²) in [6, 6.07) is 15.1. The second-order valence-corrected chi connectivity index (χ2v) is 8.37. The van der Waals surface area contributed by atoms with Gasteiger partial charge in [0.1, 0.15) is 11.4 Å². The van der Waals surface area contributed by atoms with E-state index in [4.69, 9.17) is 4.74 Å². The molecule has 0 saturated heterocycles. The number of nitrogens with one attached hydrogen (secondary N) is 1. The smallest absolute Gasteiger partial charge is 0.270 e. The minimum Gasteiger partial charge on any atom is -0.497 e. The van der Waals surface area contributed by atoms with Crippen LogP contribution in [-0.4, -0.2) is 58.3 Å². The van der Waals surface area contributed by atoms with Crippen LogP contribution in [-0.2, 0) is 0 Å². The Labute approximate surface area is 205 Å². The van der Waals surface area contributed by atoms with Gasteiger partial charge >= 0.3 is 0 Å². The van der Waals surface area contributed by atoms with E-state index in [1.165, 1.54) is 16.8 Å². The van der Waals surface area contributed by atoms with Crippen molar-refractivity contribution in [3.8, 4) is 22.7 Å². The van der Waals surface area contributed by atoms with Gasteiger partial charge in [-0.05, 0) is 81.9 Å². The monoisotopic (exact) mass is 479 g/mol. The van der Waals surface area contributed by atoms with E-state index in [0.717, 1.165) is 43.8 Å². The number of hydrogen-bond donors (Lipinski definition) is 1. The number of aromatic nitrogens is 2. The van der Waals surface area contributed by atoms with E-state index < -0.39 is 4.92 Å². The molecule has 3 aromatic rings. The van der Waals surface area contributed by atoms with Crippen LogP contribution >= 0.6 is 0 Å². The number of nitro groups is 1. The highest BCUT2D eigenvalue weighted by Crippen LogP contribution is 2.25. The average molecular weight is 480 g/mol. The number of carbonyl (C=O) groups is 1. The van der Waals surface area contributed by atoms with Crippen molar-refractivity contribution in [3.05, 3.63) is 70.4 Å². The number of methoxy groups -OCH3 is 1. The lowest BCUT2D eigenvalue weighted by Gasteiger charge is -2.20. The topological polar surface area (TPSA) is 103 Å². The zero-order chi connectivity index (χ0) is 25.4. The first-order chi connectivity index (χ1) is 16.9. The molecule has 0 radical (unpaired) electrons.